The molecule has 1 atom stereocenters. The Morgan fingerprint density at radius 1 is 1.09 bits per heavy atom. The molecule has 1 saturated heterocycles. The molecular weight excluding hydrogens is 416 g/mol. The number of furan rings is 1. The van der Waals surface area contributed by atoms with Gasteiger partial charge >= 0.3 is 0 Å². The molecule has 1 aliphatic rings. The molecule has 0 aliphatic carbocycles. The molecule has 2 aromatic carbocycles. The van der Waals surface area contributed by atoms with Gasteiger partial charge in [-0.15, -0.1) is 0 Å². The number of nitrogens with two attached hydrogens (primary N) is 1. The van der Waals surface area contributed by atoms with Crippen molar-refractivity contribution in [1.29, 1.82) is 0 Å². The van der Waals surface area contributed by atoms with Crippen LogP contribution in [0.25, 0.3) is 34.2 Å². The molecule has 0 spiro atoms. The van der Waals surface area contributed by atoms with E-state index >= 15 is 0 Å². The Hall–Kier alpha value is -4.13. The number of carbonyl (C=O) groups excluding carboxylic acids is 2. The van der Waals surface area contributed by atoms with Crippen LogP contribution in [0.3, 0.4) is 0 Å². The van der Waals surface area contributed by atoms with Gasteiger partial charge in [-0.05, 0) is 43.2 Å². The molecule has 2 amide bonds. The van der Waals surface area contributed by atoms with Gasteiger partial charge in [0.2, 0.25) is 11.8 Å². The number of hydrogen-bond donors (Lipinski definition) is 1. The van der Waals surface area contributed by atoms with Crippen LogP contribution < -0.4 is 5.73 Å². The topological polar surface area (TPSA) is 94.4 Å². The van der Waals surface area contributed by atoms with E-state index in [-0.39, 0.29) is 17.7 Å². The molecule has 0 saturated carbocycles. The average Bonchev–Trinajstić information content (AvgIpc) is 3.47. The number of rotatable bonds is 5. The number of likely N-dealkylation sites (tertiary alicyclic amines) is 1. The van der Waals surface area contributed by atoms with Crippen LogP contribution in [0, 0.1) is 5.92 Å². The normalized spacial score (nSPS) is 16.5. The third kappa shape index (κ3) is 4.30. The number of amides is 2. The third-order valence-corrected chi connectivity index (χ3v) is 5.96. The predicted molar refractivity (Wildman–Crippen MR) is 126 cm³/mol. The highest BCUT2D eigenvalue weighted by Crippen LogP contribution is 2.30. The maximum absolute atomic E-state index is 12.8. The minimum atomic E-state index is -0.354. The lowest BCUT2D eigenvalue weighted by Gasteiger charge is -2.30. The fourth-order valence-corrected chi connectivity index (χ4v) is 4.19. The number of benzene rings is 2. The Morgan fingerprint density at radius 2 is 1.88 bits per heavy atom. The minimum absolute atomic E-state index is 0.149. The molecule has 1 fully saturated rings. The van der Waals surface area contributed by atoms with Crippen LogP contribution in [0.5, 0.6) is 0 Å². The summed E-state index contributed by atoms with van der Waals surface area (Å²) < 4.78 is 7.83. The Kier molecular flexibility index (Phi) is 5.52. The van der Waals surface area contributed by atoms with E-state index in [1.807, 2.05) is 66.9 Å². The summed E-state index contributed by atoms with van der Waals surface area (Å²) in [4.78, 5) is 26.1. The van der Waals surface area contributed by atoms with Crippen molar-refractivity contribution >= 4 is 28.9 Å². The summed E-state index contributed by atoms with van der Waals surface area (Å²) in [7, 11) is 0. The second-order valence-electron chi connectivity index (χ2n) is 8.22. The summed E-state index contributed by atoms with van der Waals surface area (Å²) in [5.41, 5.74) is 8.54. The van der Waals surface area contributed by atoms with E-state index in [1.54, 1.807) is 15.7 Å². The molecule has 2 aromatic heterocycles. The van der Waals surface area contributed by atoms with Crippen LogP contribution >= 0.6 is 0 Å². The van der Waals surface area contributed by atoms with Gasteiger partial charge in [0.15, 0.2) is 5.76 Å². The van der Waals surface area contributed by atoms with Crippen molar-refractivity contribution in [3.8, 4) is 17.1 Å². The van der Waals surface area contributed by atoms with Crippen LogP contribution in [0.2, 0.25) is 0 Å². The largest absolute Gasteiger partial charge is 0.454 e. The van der Waals surface area contributed by atoms with Gasteiger partial charge in [0.25, 0.3) is 0 Å². The number of primary amides is 1. The minimum Gasteiger partial charge on any atom is -0.454 e. The zero-order valence-electron chi connectivity index (χ0n) is 18.1. The van der Waals surface area contributed by atoms with Gasteiger partial charge in [-0.25, -0.2) is 4.68 Å². The summed E-state index contributed by atoms with van der Waals surface area (Å²) >= 11 is 0. The van der Waals surface area contributed by atoms with Gasteiger partial charge in [-0.3, -0.25) is 9.59 Å². The van der Waals surface area contributed by atoms with E-state index in [2.05, 4.69) is 0 Å². The van der Waals surface area contributed by atoms with E-state index in [0.29, 0.717) is 24.5 Å². The third-order valence-electron chi connectivity index (χ3n) is 5.96. The van der Waals surface area contributed by atoms with Crippen LogP contribution in [0.4, 0.5) is 0 Å². The molecule has 7 nitrogen and oxygen atoms in total. The maximum atomic E-state index is 12.8. The molecule has 166 valence electrons. The molecule has 2 N–H and O–H groups in total. The SMILES string of the molecule is NC(=O)C1CCCN(C(=O)/C=C/c2cn(-c3ccccc3)nc2-c2cc3ccccc3o2)C1. The van der Waals surface area contributed by atoms with E-state index in [4.69, 9.17) is 15.2 Å². The Balaban J connectivity index is 1.48. The Morgan fingerprint density at radius 3 is 2.67 bits per heavy atom. The van der Waals surface area contributed by atoms with Gasteiger partial charge in [0.05, 0.1) is 11.6 Å². The molecule has 7 heteroatoms. The molecule has 0 radical (unpaired) electrons. The van der Waals surface area contributed by atoms with Gasteiger partial charge in [-0.1, -0.05) is 36.4 Å². The number of para-hydroxylation sites is 2. The fourth-order valence-electron chi connectivity index (χ4n) is 4.19. The van der Waals surface area contributed by atoms with Crippen molar-refractivity contribution in [1.82, 2.24) is 14.7 Å². The number of nitrogens with zero attached hydrogens (tertiary/aromatic N) is 3. The van der Waals surface area contributed by atoms with Crippen molar-refractivity contribution < 1.29 is 14.0 Å². The number of aromatic nitrogens is 2. The average molecular weight is 441 g/mol. The lowest BCUT2D eigenvalue weighted by molar-refractivity contribution is -0.130. The summed E-state index contributed by atoms with van der Waals surface area (Å²) in [6.07, 6.45) is 6.66. The molecule has 4 aromatic rings. The number of carbonyl (C=O) groups is 2. The zero-order chi connectivity index (χ0) is 22.8. The van der Waals surface area contributed by atoms with Gasteiger partial charge in [-0.2, -0.15) is 5.10 Å². The predicted octanol–water partition coefficient (Wildman–Crippen LogP) is 4.02. The van der Waals surface area contributed by atoms with Crippen LogP contribution in [-0.2, 0) is 9.59 Å². The molecule has 1 unspecified atom stereocenters. The molecular formula is C26H24N4O3. The highest BCUT2D eigenvalue weighted by Gasteiger charge is 2.26. The summed E-state index contributed by atoms with van der Waals surface area (Å²) in [5.74, 6) is -0.162. The van der Waals surface area contributed by atoms with Crippen molar-refractivity contribution in [2.75, 3.05) is 13.1 Å². The summed E-state index contributed by atoms with van der Waals surface area (Å²) in [6.45, 7) is 0.977. The zero-order valence-corrected chi connectivity index (χ0v) is 18.1. The van der Waals surface area contributed by atoms with E-state index in [1.165, 1.54) is 6.08 Å². The summed E-state index contributed by atoms with van der Waals surface area (Å²) in [5, 5.41) is 5.74. The molecule has 3 heterocycles. The molecule has 0 bridgehead atoms. The second-order valence-corrected chi connectivity index (χ2v) is 8.22. The molecule has 5 rings (SSSR count). The van der Waals surface area contributed by atoms with Gasteiger partial charge in [0, 0.05) is 36.3 Å². The molecule has 1 aliphatic heterocycles. The summed E-state index contributed by atoms with van der Waals surface area (Å²) in [6, 6.07) is 19.5. The highest BCUT2D eigenvalue weighted by atomic mass is 16.3. The number of hydrogen-bond acceptors (Lipinski definition) is 4. The van der Waals surface area contributed by atoms with Gasteiger partial charge < -0.3 is 15.1 Å². The van der Waals surface area contributed by atoms with E-state index < -0.39 is 0 Å². The highest BCUT2D eigenvalue weighted by molar-refractivity contribution is 5.93. The maximum Gasteiger partial charge on any atom is 0.246 e. The quantitative estimate of drug-likeness (QED) is 0.474. The van der Waals surface area contributed by atoms with Crippen molar-refractivity contribution in [2.45, 2.75) is 12.8 Å². The van der Waals surface area contributed by atoms with Crippen molar-refractivity contribution in [2.24, 2.45) is 11.7 Å². The Bertz CT molecular complexity index is 1300. The first-order chi connectivity index (χ1) is 16.1. The van der Waals surface area contributed by atoms with E-state index in [9.17, 15) is 9.59 Å². The lowest BCUT2D eigenvalue weighted by Crippen LogP contribution is -2.43. The van der Waals surface area contributed by atoms with Gasteiger partial charge in [0.1, 0.15) is 11.3 Å². The first kappa shape index (κ1) is 20.8. The van der Waals surface area contributed by atoms with Crippen molar-refractivity contribution in [3.05, 3.63) is 78.5 Å². The Labute approximate surface area is 191 Å². The monoisotopic (exact) mass is 440 g/mol. The van der Waals surface area contributed by atoms with Crippen LogP contribution in [-0.4, -0.2) is 39.6 Å². The second kappa shape index (κ2) is 8.78. The van der Waals surface area contributed by atoms with Crippen LogP contribution in [0.15, 0.2) is 77.4 Å². The first-order valence-corrected chi connectivity index (χ1v) is 11.0. The smallest absolute Gasteiger partial charge is 0.246 e. The number of piperidine rings is 1. The van der Waals surface area contributed by atoms with Crippen molar-refractivity contribution in [3.63, 3.8) is 0 Å². The first-order valence-electron chi connectivity index (χ1n) is 11.0. The molecule has 33 heavy (non-hydrogen) atoms. The standard InChI is InChI=1S/C26H24N4O3/c27-26(32)20-8-6-14-29(16-20)24(31)13-12-19-17-30(21-9-2-1-3-10-21)28-25(19)23-15-18-7-4-5-11-22(18)33-23/h1-5,7,9-13,15,17,20H,6,8,14,16H2,(H2,27,32)/b13-12+. The number of fused-ring (bicyclic) bond motifs is 1. The lowest BCUT2D eigenvalue weighted by atomic mass is 9.97. The fraction of sp³-hybridized carbons (Fsp3) is 0.192. The van der Waals surface area contributed by atoms with Crippen LogP contribution in [0.1, 0.15) is 18.4 Å². The van der Waals surface area contributed by atoms with E-state index in [0.717, 1.165) is 35.1 Å².